The summed E-state index contributed by atoms with van der Waals surface area (Å²) in [4.78, 5) is 26.8. The van der Waals surface area contributed by atoms with E-state index >= 15 is 0 Å². The van der Waals surface area contributed by atoms with Crippen LogP contribution in [0.4, 0.5) is 0 Å². The maximum absolute atomic E-state index is 13.4. The monoisotopic (exact) mass is 348 g/mol. The van der Waals surface area contributed by atoms with Gasteiger partial charge in [0.2, 0.25) is 0 Å². The first-order valence-corrected chi connectivity index (χ1v) is 9.62. The van der Waals surface area contributed by atoms with Crippen molar-refractivity contribution in [3.63, 3.8) is 0 Å². The zero-order valence-electron chi connectivity index (χ0n) is 15.9. The first kappa shape index (κ1) is 18.6. The molecule has 2 aromatic rings. The highest BCUT2D eigenvalue weighted by Gasteiger charge is 2.49. The van der Waals surface area contributed by atoms with E-state index in [1.807, 2.05) is 67.6 Å². The van der Waals surface area contributed by atoms with Crippen LogP contribution in [-0.4, -0.2) is 11.6 Å². The summed E-state index contributed by atoms with van der Waals surface area (Å²) in [6.07, 6.45) is 2.57. The lowest BCUT2D eigenvalue weighted by Gasteiger charge is -2.43. The molecule has 0 amide bonds. The number of hydrogen-bond acceptors (Lipinski definition) is 2. The fourth-order valence-electron chi connectivity index (χ4n) is 4.34. The number of benzene rings is 2. The van der Waals surface area contributed by atoms with Crippen LogP contribution in [-0.2, 0) is 0 Å². The van der Waals surface area contributed by atoms with Crippen molar-refractivity contribution in [3.8, 4) is 0 Å². The summed E-state index contributed by atoms with van der Waals surface area (Å²) in [5.41, 5.74) is 0.789. The van der Waals surface area contributed by atoms with Gasteiger partial charge in [0.25, 0.3) is 0 Å². The van der Waals surface area contributed by atoms with Gasteiger partial charge in [-0.3, -0.25) is 9.59 Å². The molecule has 1 saturated carbocycles. The minimum atomic E-state index is -0.639. The van der Waals surface area contributed by atoms with Gasteiger partial charge in [0.1, 0.15) is 0 Å². The van der Waals surface area contributed by atoms with E-state index in [4.69, 9.17) is 0 Å². The maximum atomic E-state index is 13.4. The highest BCUT2D eigenvalue weighted by atomic mass is 16.1. The van der Waals surface area contributed by atoms with Gasteiger partial charge in [0.15, 0.2) is 11.6 Å². The highest BCUT2D eigenvalue weighted by molar-refractivity contribution is 6.07. The van der Waals surface area contributed by atoms with Crippen molar-refractivity contribution in [2.24, 2.45) is 23.2 Å². The van der Waals surface area contributed by atoms with Crippen molar-refractivity contribution in [2.45, 2.75) is 40.0 Å². The molecule has 0 aliphatic heterocycles. The molecule has 0 spiro atoms. The molecule has 2 heteroatoms. The Labute approximate surface area is 156 Å². The minimum absolute atomic E-state index is 0.106. The van der Waals surface area contributed by atoms with E-state index in [1.165, 1.54) is 0 Å². The first-order chi connectivity index (χ1) is 12.4. The van der Waals surface area contributed by atoms with Gasteiger partial charge >= 0.3 is 0 Å². The van der Waals surface area contributed by atoms with Gasteiger partial charge in [-0.15, -0.1) is 0 Å². The fourth-order valence-corrected chi connectivity index (χ4v) is 4.34. The Morgan fingerprint density at radius 3 is 2.00 bits per heavy atom. The number of hydrogen-bond donors (Lipinski definition) is 0. The number of carbonyl (C=O) groups excluding carboxylic acids is 2. The van der Waals surface area contributed by atoms with Gasteiger partial charge in [0.05, 0.1) is 0 Å². The first-order valence-electron chi connectivity index (χ1n) is 9.62. The summed E-state index contributed by atoms with van der Waals surface area (Å²) in [6.45, 7) is 6.44. The molecule has 2 nitrogen and oxygen atoms in total. The van der Waals surface area contributed by atoms with Gasteiger partial charge < -0.3 is 0 Å². The summed E-state index contributed by atoms with van der Waals surface area (Å²) < 4.78 is 0. The molecule has 0 bridgehead atoms. The summed E-state index contributed by atoms with van der Waals surface area (Å²) in [5.74, 6) is 0.970. The van der Waals surface area contributed by atoms with Crippen LogP contribution in [0.2, 0.25) is 0 Å². The van der Waals surface area contributed by atoms with Crippen LogP contribution in [0, 0.1) is 23.2 Å². The van der Waals surface area contributed by atoms with E-state index in [0.717, 1.165) is 19.3 Å². The Bertz CT molecular complexity index is 763. The molecule has 0 heterocycles. The van der Waals surface area contributed by atoms with E-state index in [1.54, 1.807) is 0 Å². The lowest BCUT2D eigenvalue weighted by molar-refractivity contribution is 0.0386. The summed E-state index contributed by atoms with van der Waals surface area (Å²) >= 11 is 0. The number of ketones is 2. The smallest absolute Gasteiger partial charge is 0.169 e. The molecule has 136 valence electrons. The van der Waals surface area contributed by atoms with Crippen molar-refractivity contribution < 1.29 is 9.59 Å². The number of carbonyl (C=O) groups is 2. The average Bonchev–Trinajstić information content (AvgIpc) is 2.68. The van der Waals surface area contributed by atoms with E-state index in [2.05, 4.69) is 13.8 Å². The van der Waals surface area contributed by atoms with Crippen molar-refractivity contribution in [1.82, 2.24) is 0 Å². The average molecular weight is 348 g/mol. The van der Waals surface area contributed by atoms with Crippen LogP contribution in [0.3, 0.4) is 0 Å². The molecule has 26 heavy (non-hydrogen) atoms. The van der Waals surface area contributed by atoms with Gasteiger partial charge in [-0.05, 0) is 31.1 Å². The summed E-state index contributed by atoms with van der Waals surface area (Å²) in [5, 5.41) is 0. The third-order valence-electron chi connectivity index (χ3n) is 6.21. The van der Waals surface area contributed by atoms with Crippen LogP contribution in [0.1, 0.15) is 60.7 Å². The van der Waals surface area contributed by atoms with Gasteiger partial charge in [-0.1, -0.05) is 81.4 Å². The van der Waals surface area contributed by atoms with Crippen molar-refractivity contribution in [3.05, 3.63) is 71.8 Å². The molecular formula is C24H28O2. The zero-order valence-corrected chi connectivity index (χ0v) is 15.9. The summed E-state index contributed by atoms with van der Waals surface area (Å²) in [6, 6.07) is 18.9. The molecule has 0 N–H and O–H groups in total. The summed E-state index contributed by atoms with van der Waals surface area (Å²) in [7, 11) is 0. The topological polar surface area (TPSA) is 34.1 Å². The van der Waals surface area contributed by atoms with Gasteiger partial charge in [0, 0.05) is 22.5 Å². The van der Waals surface area contributed by atoms with Crippen LogP contribution in [0.25, 0.3) is 0 Å². The van der Waals surface area contributed by atoms with Crippen LogP contribution >= 0.6 is 0 Å². The molecule has 0 radical (unpaired) electrons. The van der Waals surface area contributed by atoms with Crippen LogP contribution in [0.15, 0.2) is 60.7 Å². The van der Waals surface area contributed by atoms with Gasteiger partial charge in [-0.2, -0.15) is 0 Å². The normalized spacial score (nSPS) is 25.8. The largest absolute Gasteiger partial charge is 0.294 e. The lowest BCUT2D eigenvalue weighted by atomic mass is 9.58. The Morgan fingerprint density at radius 1 is 0.923 bits per heavy atom. The predicted octanol–water partition coefficient (Wildman–Crippen LogP) is 5.83. The van der Waals surface area contributed by atoms with E-state index in [-0.39, 0.29) is 17.5 Å². The van der Waals surface area contributed by atoms with Crippen molar-refractivity contribution in [1.29, 1.82) is 0 Å². The van der Waals surface area contributed by atoms with Crippen molar-refractivity contribution in [2.75, 3.05) is 0 Å². The maximum Gasteiger partial charge on any atom is 0.169 e. The third kappa shape index (κ3) is 3.51. The van der Waals surface area contributed by atoms with Gasteiger partial charge in [-0.25, -0.2) is 0 Å². The lowest BCUT2D eigenvalue weighted by Crippen LogP contribution is -2.45. The van der Waals surface area contributed by atoms with Crippen LogP contribution in [0.5, 0.6) is 0 Å². The Kier molecular flexibility index (Phi) is 5.41. The van der Waals surface area contributed by atoms with E-state index in [0.29, 0.717) is 23.0 Å². The second kappa shape index (κ2) is 7.57. The van der Waals surface area contributed by atoms with E-state index in [9.17, 15) is 9.59 Å². The Morgan fingerprint density at radius 2 is 1.46 bits per heavy atom. The Balaban J connectivity index is 1.98. The molecule has 3 rings (SSSR count). The Hall–Kier alpha value is -2.22. The molecule has 1 aliphatic rings. The molecule has 1 aliphatic carbocycles. The fraction of sp³-hybridized carbons (Fsp3) is 0.417. The van der Waals surface area contributed by atoms with Crippen molar-refractivity contribution >= 4 is 11.6 Å². The molecule has 1 fully saturated rings. The standard InChI is InChI=1S/C24H28O2/c1-17(2)20-14-15-24(3,23(26)19-12-8-5-9-13-19)21(16-20)22(25)18-10-6-4-7-11-18/h4-13,17,20-21H,14-16H2,1-3H3. The molecule has 3 unspecified atom stereocenters. The molecule has 0 saturated heterocycles. The highest BCUT2D eigenvalue weighted by Crippen LogP contribution is 2.48. The zero-order chi connectivity index (χ0) is 18.7. The minimum Gasteiger partial charge on any atom is -0.294 e. The number of Topliss-reactive ketones (excluding diaryl/α,β-unsaturated/α-hetero) is 2. The molecule has 0 aromatic heterocycles. The predicted molar refractivity (Wildman–Crippen MR) is 105 cm³/mol. The second-order valence-corrected chi connectivity index (χ2v) is 8.17. The second-order valence-electron chi connectivity index (χ2n) is 8.17. The molecular weight excluding hydrogens is 320 g/mol. The number of rotatable bonds is 5. The van der Waals surface area contributed by atoms with Crippen LogP contribution < -0.4 is 0 Å². The molecule has 3 atom stereocenters. The third-order valence-corrected chi connectivity index (χ3v) is 6.21. The molecule has 2 aromatic carbocycles. The van der Waals surface area contributed by atoms with E-state index < -0.39 is 5.41 Å². The SMILES string of the molecule is CC(C)C1CCC(C)(C(=O)c2ccccc2)C(C(=O)c2ccccc2)C1. The quantitative estimate of drug-likeness (QED) is 0.637.